The molecule has 0 aliphatic carbocycles. The molecule has 0 aliphatic heterocycles. The van der Waals surface area contributed by atoms with Crippen LogP contribution in [0.3, 0.4) is 0 Å². The van der Waals surface area contributed by atoms with Crippen molar-refractivity contribution in [2.45, 2.75) is 4.90 Å². The number of methoxy groups -OCH3 is 1. The lowest BCUT2D eigenvalue weighted by Gasteiger charge is -2.12. The van der Waals surface area contributed by atoms with Crippen molar-refractivity contribution in [3.05, 3.63) is 101 Å². The molecule has 0 saturated heterocycles. The summed E-state index contributed by atoms with van der Waals surface area (Å²) in [5, 5.41) is 6.04. The van der Waals surface area contributed by atoms with Gasteiger partial charge >= 0.3 is 5.97 Å². The highest BCUT2D eigenvalue weighted by atomic mass is 35.5. The van der Waals surface area contributed by atoms with E-state index >= 15 is 0 Å². The molecule has 0 radical (unpaired) electrons. The van der Waals surface area contributed by atoms with Crippen LogP contribution in [0.4, 0.5) is 5.69 Å². The number of hydrogen-bond acceptors (Lipinski definition) is 5. The Kier molecular flexibility index (Phi) is 8.69. The smallest absolute Gasteiger partial charge is 0.315 e. The highest BCUT2D eigenvalue weighted by molar-refractivity contribution is 8.00. The van der Waals surface area contributed by atoms with Crippen LogP contribution in [0.15, 0.2) is 89.5 Å². The van der Waals surface area contributed by atoms with E-state index in [2.05, 4.69) is 15.4 Å². The summed E-state index contributed by atoms with van der Waals surface area (Å²) in [6.07, 6.45) is 1.58. The van der Waals surface area contributed by atoms with Gasteiger partial charge in [-0.1, -0.05) is 41.9 Å². The second-order valence-corrected chi connectivity index (χ2v) is 8.26. The fraction of sp³-hybridized carbons (Fsp3) is 0.0800. The van der Waals surface area contributed by atoms with E-state index in [-0.39, 0.29) is 17.4 Å². The highest BCUT2D eigenvalue weighted by Crippen LogP contribution is 2.21. The number of halogens is 1. The largest absolute Gasteiger partial charge is 0.468 e. The molecular weight excluding hydrogens is 460 g/mol. The lowest BCUT2D eigenvalue weighted by Crippen LogP contribution is -2.30. The Balaban J connectivity index is 1.76. The zero-order valence-electron chi connectivity index (χ0n) is 17.7. The van der Waals surface area contributed by atoms with Gasteiger partial charge in [-0.15, -0.1) is 11.8 Å². The van der Waals surface area contributed by atoms with Crippen LogP contribution in [-0.4, -0.2) is 30.6 Å². The summed E-state index contributed by atoms with van der Waals surface area (Å²) in [5.41, 5.74) is 1.75. The van der Waals surface area contributed by atoms with Crippen molar-refractivity contribution in [2.24, 2.45) is 0 Å². The van der Waals surface area contributed by atoms with Gasteiger partial charge in [-0.25, -0.2) is 0 Å². The number of carbonyl (C=O) groups excluding carboxylic acids is 3. The van der Waals surface area contributed by atoms with Gasteiger partial charge in [0.2, 0.25) is 0 Å². The zero-order valence-corrected chi connectivity index (χ0v) is 19.3. The predicted octanol–water partition coefficient (Wildman–Crippen LogP) is 5.01. The van der Waals surface area contributed by atoms with Gasteiger partial charge in [0.05, 0.1) is 12.9 Å². The number of rotatable bonds is 8. The van der Waals surface area contributed by atoms with Gasteiger partial charge in [-0.3, -0.25) is 14.4 Å². The maximum Gasteiger partial charge on any atom is 0.315 e. The van der Waals surface area contributed by atoms with Gasteiger partial charge in [-0.2, -0.15) is 0 Å². The predicted molar refractivity (Wildman–Crippen MR) is 131 cm³/mol. The first-order valence-electron chi connectivity index (χ1n) is 9.89. The number of thioether (sulfide) groups is 1. The van der Waals surface area contributed by atoms with Gasteiger partial charge in [-0.05, 0) is 60.2 Å². The van der Waals surface area contributed by atoms with Crippen LogP contribution < -0.4 is 10.6 Å². The van der Waals surface area contributed by atoms with Crippen LogP contribution in [-0.2, 0) is 14.3 Å². The fourth-order valence-electron chi connectivity index (χ4n) is 2.70. The molecule has 6 nitrogen and oxygen atoms in total. The van der Waals surface area contributed by atoms with E-state index < -0.39 is 11.8 Å². The molecule has 8 heteroatoms. The Labute approximate surface area is 201 Å². The van der Waals surface area contributed by atoms with Crippen LogP contribution in [0.2, 0.25) is 5.02 Å². The molecule has 0 unspecified atom stereocenters. The summed E-state index contributed by atoms with van der Waals surface area (Å²) in [7, 11) is 1.34. The van der Waals surface area contributed by atoms with Crippen molar-refractivity contribution in [2.75, 3.05) is 18.2 Å². The van der Waals surface area contributed by atoms with Crippen LogP contribution in [0.1, 0.15) is 15.9 Å². The van der Waals surface area contributed by atoms with E-state index in [0.29, 0.717) is 21.8 Å². The van der Waals surface area contributed by atoms with Crippen molar-refractivity contribution in [3.8, 4) is 0 Å². The number of nitrogens with one attached hydrogen (secondary N) is 2. The van der Waals surface area contributed by atoms with E-state index in [4.69, 9.17) is 11.6 Å². The molecular formula is C25H21ClN2O4S. The SMILES string of the molecule is COC(=O)CSc1ccc(NC(=O)/C(=C/c2ccc(Cl)cc2)NC(=O)c2ccccc2)cc1. The molecule has 0 spiro atoms. The van der Waals surface area contributed by atoms with Crippen molar-refractivity contribution >= 4 is 52.9 Å². The summed E-state index contributed by atoms with van der Waals surface area (Å²) in [6.45, 7) is 0. The lowest BCUT2D eigenvalue weighted by molar-refractivity contribution is -0.137. The Hall–Kier alpha value is -3.55. The van der Waals surface area contributed by atoms with Crippen molar-refractivity contribution in [1.82, 2.24) is 5.32 Å². The van der Waals surface area contributed by atoms with Crippen LogP contribution in [0.25, 0.3) is 6.08 Å². The minimum atomic E-state index is -0.482. The molecule has 3 rings (SSSR count). The topological polar surface area (TPSA) is 84.5 Å². The number of benzene rings is 3. The van der Waals surface area contributed by atoms with E-state index in [0.717, 1.165) is 4.90 Å². The maximum atomic E-state index is 13.0. The number of esters is 1. The third-order valence-electron chi connectivity index (χ3n) is 4.41. The van der Waals surface area contributed by atoms with E-state index in [1.54, 1.807) is 84.9 Å². The number of ether oxygens (including phenoxy) is 1. The first-order chi connectivity index (χ1) is 15.9. The number of anilines is 1. The number of amides is 2. The van der Waals surface area contributed by atoms with E-state index in [1.807, 2.05) is 0 Å². The van der Waals surface area contributed by atoms with Crippen molar-refractivity contribution < 1.29 is 19.1 Å². The van der Waals surface area contributed by atoms with Gasteiger partial charge < -0.3 is 15.4 Å². The molecule has 0 fully saturated rings. The molecule has 168 valence electrons. The Morgan fingerprint density at radius 2 is 1.61 bits per heavy atom. The van der Waals surface area contributed by atoms with Crippen LogP contribution >= 0.6 is 23.4 Å². The zero-order chi connectivity index (χ0) is 23.6. The fourth-order valence-corrected chi connectivity index (χ4v) is 3.56. The van der Waals surface area contributed by atoms with E-state index in [9.17, 15) is 14.4 Å². The quantitative estimate of drug-likeness (QED) is 0.269. The first kappa shape index (κ1) is 24.1. The summed E-state index contributed by atoms with van der Waals surface area (Å²) < 4.78 is 4.63. The lowest BCUT2D eigenvalue weighted by atomic mass is 10.1. The molecule has 0 atom stereocenters. The minimum Gasteiger partial charge on any atom is -0.468 e. The third-order valence-corrected chi connectivity index (χ3v) is 5.64. The Morgan fingerprint density at radius 3 is 2.24 bits per heavy atom. The normalized spacial score (nSPS) is 10.9. The first-order valence-corrected chi connectivity index (χ1v) is 11.3. The third kappa shape index (κ3) is 7.52. The summed E-state index contributed by atoms with van der Waals surface area (Å²) in [5.74, 6) is -1.00. The van der Waals surface area contributed by atoms with Gasteiger partial charge in [0, 0.05) is 21.2 Å². The van der Waals surface area contributed by atoms with Crippen LogP contribution in [0, 0.1) is 0 Å². The van der Waals surface area contributed by atoms with Crippen molar-refractivity contribution in [3.63, 3.8) is 0 Å². The standard InChI is InChI=1S/C25H21ClN2O4S/c1-32-23(29)16-33-21-13-11-20(12-14-21)27-25(31)22(15-17-7-9-19(26)10-8-17)28-24(30)18-5-3-2-4-6-18/h2-15H,16H2,1H3,(H,27,31)(H,28,30)/b22-15-. The minimum absolute atomic E-state index is 0.0790. The summed E-state index contributed by atoms with van der Waals surface area (Å²) in [6, 6.07) is 22.5. The second kappa shape index (κ2) is 11.9. The maximum absolute atomic E-state index is 13.0. The molecule has 2 amide bonds. The highest BCUT2D eigenvalue weighted by Gasteiger charge is 2.15. The van der Waals surface area contributed by atoms with Crippen LogP contribution in [0.5, 0.6) is 0 Å². The monoisotopic (exact) mass is 480 g/mol. The molecule has 0 bridgehead atoms. The average Bonchev–Trinajstić information content (AvgIpc) is 2.84. The Bertz CT molecular complexity index is 1150. The summed E-state index contributed by atoms with van der Waals surface area (Å²) in [4.78, 5) is 37.8. The number of carbonyl (C=O) groups is 3. The van der Waals surface area contributed by atoms with Gasteiger partial charge in [0.1, 0.15) is 5.70 Å². The molecule has 33 heavy (non-hydrogen) atoms. The molecule has 3 aromatic carbocycles. The molecule has 2 N–H and O–H groups in total. The average molecular weight is 481 g/mol. The molecule has 3 aromatic rings. The molecule has 0 saturated carbocycles. The van der Waals surface area contributed by atoms with Crippen molar-refractivity contribution in [1.29, 1.82) is 0 Å². The summed E-state index contributed by atoms with van der Waals surface area (Å²) >= 11 is 7.28. The second-order valence-electron chi connectivity index (χ2n) is 6.77. The molecule has 0 heterocycles. The van der Waals surface area contributed by atoms with E-state index in [1.165, 1.54) is 18.9 Å². The van der Waals surface area contributed by atoms with Gasteiger partial charge in [0.15, 0.2) is 0 Å². The Morgan fingerprint density at radius 1 is 0.939 bits per heavy atom. The van der Waals surface area contributed by atoms with Gasteiger partial charge in [0.25, 0.3) is 11.8 Å². The molecule has 0 aromatic heterocycles. The molecule has 0 aliphatic rings. The number of hydrogen-bond donors (Lipinski definition) is 2.